The molecule has 4 aromatic rings. The molecule has 7 nitrogen and oxygen atoms in total. The quantitative estimate of drug-likeness (QED) is 0.495. The van der Waals surface area contributed by atoms with E-state index in [0.717, 1.165) is 40.2 Å². The summed E-state index contributed by atoms with van der Waals surface area (Å²) in [5.74, 6) is 0.606. The average molecular weight is 400 g/mol. The van der Waals surface area contributed by atoms with Crippen molar-refractivity contribution in [1.82, 2.24) is 19.7 Å². The standard InChI is InChI=1S/C23H24N6O/c1-4-29-22-18(14-25-29)8-9-21(28-22)26-16(3)17-6-5-7-20(11-17)27-23(30)19-10-15(2)12-24-13-19/h5-14,16H,4H2,1-3H3,(H,26,28)(H,27,30)/t16-/m0/s1. The first-order valence-electron chi connectivity index (χ1n) is 9.95. The molecule has 0 saturated heterocycles. The van der Waals surface area contributed by atoms with Gasteiger partial charge in [-0.05, 0) is 62.2 Å². The molecule has 0 unspecified atom stereocenters. The van der Waals surface area contributed by atoms with Gasteiger partial charge >= 0.3 is 0 Å². The molecule has 4 rings (SSSR count). The molecule has 1 aromatic carbocycles. The van der Waals surface area contributed by atoms with Crippen LogP contribution in [0.3, 0.4) is 0 Å². The lowest BCUT2D eigenvalue weighted by atomic mass is 10.1. The van der Waals surface area contributed by atoms with Crippen LogP contribution in [0, 0.1) is 6.92 Å². The second-order valence-corrected chi connectivity index (χ2v) is 7.27. The van der Waals surface area contributed by atoms with Crippen LogP contribution in [0.1, 0.15) is 41.4 Å². The summed E-state index contributed by atoms with van der Waals surface area (Å²) in [6.45, 7) is 6.79. The summed E-state index contributed by atoms with van der Waals surface area (Å²) in [5, 5.41) is 11.7. The number of aryl methyl sites for hydroxylation is 2. The zero-order chi connectivity index (χ0) is 21.1. The van der Waals surface area contributed by atoms with E-state index in [-0.39, 0.29) is 11.9 Å². The number of carbonyl (C=O) groups is 1. The zero-order valence-electron chi connectivity index (χ0n) is 17.3. The Morgan fingerprint density at radius 2 is 2.00 bits per heavy atom. The van der Waals surface area contributed by atoms with Crippen LogP contribution < -0.4 is 10.6 Å². The van der Waals surface area contributed by atoms with E-state index in [4.69, 9.17) is 4.98 Å². The van der Waals surface area contributed by atoms with E-state index in [1.165, 1.54) is 0 Å². The summed E-state index contributed by atoms with van der Waals surface area (Å²) in [5.41, 5.74) is 4.13. The molecule has 7 heteroatoms. The van der Waals surface area contributed by atoms with Gasteiger partial charge in [0.1, 0.15) is 5.82 Å². The normalized spacial score (nSPS) is 12.0. The molecule has 152 valence electrons. The lowest BCUT2D eigenvalue weighted by molar-refractivity contribution is 0.102. The van der Waals surface area contributed by atoms with Gasteiger partial charge < -0.3 is 10.6 Å². The first-order chi connectivity index (χ1) is 14.5. The minimum Gasteiger partial charge on any atom is -0.363 e. The molecule has 1 atom stereocenters. The maximum atomic E-state index is 12.5. The summed E-state index contributed by atoms with van der Waals surface area (Å²) >= 11 is 0. The number of carbonyl (C=O) groups excluding carboxylic acids is 1. The van der Waals surface area contributed by atoms with E-state index in [1.54, 1.807) is 12.4 Å². The molecule has 30 heavy (non-hydrogen) atoms. The van der Waals surface area contributed by atoms with Crippen LogP contribution in [0.25, 0.3) is 11.0 Å². The Balaban J connectivity index is 1.49. The molecule has 0 spiro atoms. The van der Waals surface area contributed by atoms with Crippen molar-refractivity contribution in [2.45, 2.75) is 33.4 Å². The minimum atomic E-state index is -0.177. The topological polar surface area (TPSA) is 84.7 Å². The van der Waals surface area contributed by atoms with Crippen molar-refractivity contribution in [3.8, 4) is 0 Å². The Bertz CT molecular complexity index is 1200. The minimum absolute atomic E-state index is 0.00503. The Morgan fingerprint density at radius 1 is 1.13 bits per heavy atom. The number of nitrogens with one attached hydrogen (secondary N) is 2. The molecule has 2 N–H and O–H groups in total. The van der Waals surface area contributed by atoms with E-state index < -0.39 is 0 Å². The van der Waals surface area contributed by atoms with Gasteiger partial charge in [-0.3, -0.25) is 9.78 Å². The third-order valence-electron chi connectivity index (χ3n) is 4.93. The number of fused-ring (bicyclic) bond motifs is 1. The highest BCUT2D eigenvalue weighted by atomic mass is 16.1. The van der Waals surface area contributed by atoms with Gasteiger partial charge in [0.25, 0.3) is 5.91 Å². The molecule has 1 amide bonds. The maximum Gasteiger partial charge on any atom is 0.257 e. The second kappa shape index (κ2) is 8.32. The highest BCUT2D eigenvalue weighted by Crippen LogP contribution is 2.23. The molecule has 3 aromatic heterocycles. The van der Waals surface area contributed by atoms with Crippen molar-refractivity contribution >= 4 is 28.4 Å². The fourth-order valence-corrected chi connectivity index (χ4v) is 3.34. The van der Waals surface area contributed by atoms with Gasteiger partial charge in [0, 0.05) is 30.0 Å². The monoisotopic (exact) mass is 400 g/mol. The maximum absolute atomic E-state index is 12.5. The van der Waals surface area contributed by atoms with Crippen molar-refractivity contribution in [2.24, 2.45) is 0 Å². The lowest BCUT2D eigenvalue weighted by Crippen LogP contribution is -2.13. The smallest absolute Gasteiger partial charge is 0.257 e. The summed E-state index contributed by atoms with van der Waals surface area (Å²) in [6.07, 6.45) is 5.12. The van der Waals surface area contributed by atoms with Gasteiger partial charge in [0.2, 0.25) is 0 Å². The fourth-order valence-electron chi connectivity index (χ4n) is 3.34. The van der Waals surface area contributed by atoms with E-state index in [1.807, 2.05) is 67.2 Å². The van der Waals surface area contributed by atoms with Crippen LogP contribution in [0.2, 0.25) is 0 Å². The molecule has 3 heterocycles. The molecule has 0 aliphatic carbocycles. The molecule has 0 radical (unpaired) electrons. The summed E-state index contributed by atoms with van der Waals surface area (Å²) < 4.78 is 1.88. The first kappa shape index (κ1) is 19.6. The fraction of sp³-hybridized carbons (Fsp3) is 0.217. The number of benzene rings is 1. The van der Waals surface area contributed by atoms with Gasteiger partial charge in [0.05, 0.1) is 17.8 Å². The predicted octanol–water partition coefficient (Wildman–Crippen LogP) is 4.58. The van der Waals surface area contributed by atoms with Crippen molar-refractivity contribution in [1.29, 1.82) is 0 Å². The van der Waals surface area contributed by atoms with Gasteiger partial charge in [-0.15, -0.1) is 0 Å². The molecule has 0 bridgehead atoms. The zero-order valence-corrected chi connectivity index (χ0v) is 17.3. The molecular weight excluding hydrogens is 376 g/mol. The molecule has 0 aliphatic heterocycles. The van der Waals surface area contributed by atoms with Crippen molar-refractivity contribution < 1.29 is 4.79 Å². The Morgan fingerprint density at radius 3 is 2.80 bits per heavy atom. The average Bonchev–Trinajstić information content (AvgIpc) is 3.16. The SMILES string of the molecule is CCn1ncc2ccc(N[C@@H](C)c3cccc(NC(=O)c4cncc(C)c4)c3)nc21. The number of aromatic nitrogens is 4. The predicted molar refractivity (Wildman–Crippen MR) is 119 cm³/mol. The van der Waals surface area contributed by atoms with E-state index in [0.29, 0.717) is 5.56 Å². The van der Waals surface area contributed by atoms with Crippen LogP contribution in [-0.2, 0) is 6.54 Å². The van der Waals surface area contributed by atoms with Crippen LogP contribution >= 0.6 is 0 Å². The molecular formula is C23H24N6O. The van der Waals surface area contributed by atoms with Crippen molar-refractivity contribution in [2.75, 3.05) is 10.6 Å². The van der Waals surface area contributed by atoms with Gasteiger partial charge in [-0.1, -0.05) is 12.1 Å². The molecule has 0 aliphatic rings. The third kappa shape index (κ3) is 4.15. The number of anilines is 2. The van der Waals surface area contributed by atoms with E-state index in [9.17, 15) is 4.79 Å². The van der Waals surface area contributed by atoms with Gasteiger partial charge in [0.15, 0.2) is 5.65 Å². The van der Waals surface area contributed by atoms with Gasteiger partial charge in [-0.2, -0.15) is 5.10 Å². The number of pyridine rings is 2. The number of hydrogen-bond acceptors (Lipinski definition) is 5. The highest BCUT2D eigenvalue weighted by Gasteiger charge is 2.11. The summed E-state index contributed by atoms with van der Waals surface area (Å²) in [6, 6.07) is 13.6. The molecule has 0 fully saturated rings. The number of rotatable bonds is 6. The number of hydrogen-bond donors (Lipinski definition) is 2. The third-order valence-corrected chi connectivity index (χ3v) is 4.93. The summed E-state index contributed by atoms with van der Waals surface area (Å²) in [7, 11) is 0. The van der Waals surface area contributed by atoms with Gasteiger partial charge in [-0.25, -0.2) is 9.67 Å². The van der Waals surface area contributed by atoms with Crippen LogP contribution in [-0.4, -0.2) is 25.7 Å². The highest BCUT2D eigenvalue weighted by molar-refractivity contribution is 6.04. The number of amides is 1. The van der Waals surface area contributed by atoms with E-state index in [2.05, 4.69) is 27.6 Å². The van der Waals surface area contributed by atoms with Crippen molar-refractivity contribution in [3.05, 3.63) is 77.7 Å². The largest absolute Gasteiger partial charge is 0.363 e. The Hall–Kier alpha value is -3.74. The first-order valence-corrected chi connectivity index (χ1v) is 9.95. The summed E-state index contributed by atoms with van der Waals surface area (Å²) in [4.78, 5) is 21.3. The van der Waals surface area contributed by atoms with Crippen molar-refractivity contribution in [3.63, 3.8) is 0 Å². The Kier molecular flexibility index (Phi) is 5.43. The van der Waals surface area contributed by atoms with Crippen LogP contribution in [0.5, 0.6) is 0 Å². The van der Waals surface area contributed by atoms with Crippen LogP contribution in [0.15, 0.2) is 61.1 Å². The molecule has 0 saturated carbocycles. The second-order valence-electron chi connectivity index (χ2n) is 7.27. The van der Waals surface area contributed by atoms with Crippen LogP contribution in [0.4, 0.5) is 11.5 Å². The number of nitrogens with zero attached hydrogens (tertiary/aromatic N) is 4. The Labute approximate surface area is 175 Å². The van der Waals surface area contributed by atoms with E-state index >= 15 is 0 Å². The lowest BCUT2D eigenvalue weighted by Gasteiger charge is -2.16.